The Morgan fingerprint density at radius 2 is 2.31 bits per heavy atom. The normalized spacial score (nSPS) is 15.0. The molecule has 1 saturated carbocycles. The molecule has 0 spiro atoms. The average molecular weight is 175 g/mol. The van der Waals surface area contributed by atoms with E-state index in [4.69, 9.17) is 15.7 Å². The van der Waals surface area contributed by atoms with Crippen molar-refractivity contribution < 1.29 is 4.74 Å². The number of hydrogen-bond donors (Lipinski definition) is 1. The summed E-state index contributed by atoms with van der Waals surface area (Å²) >= 11 is 0. The molecule has 0 unspecified atom stereocenters. The lowest BCUT2D eigenvalue weighted by molar-refractivity contribution is 0.303. The van der Waals surface area contributed by atoms with Crippen LogP contribution in [0.4, 0.5) is 5.69 Å². The Bertz CT molecular complexity index is 366. The van der Waals surface area contributed by atoms with Crippen LogP contribution < -0.4 is 10.5 Å². The fraction of sp³-hybridized carbons (Fsp3) is 0.333. The average Bonchev–Trinajstić information content (AvgIpc) is 2.92. The van der Waals surface area contributed by atoms with Gasteiger partial charge in [0.1, 0.15) is 6.07 Å². The van der Waals surface area contributed by atoms with E-state index in [1.807, 2.05) is 6.07 Å². The van der Waals surface area contributed by atoms with E-state index in [1.54, 1.807) is 6.20 Å². The van der Waals surface area contributed by atoms with Crippen molar-refractivity contribution in [3.05, 3.63) is 18.0 Å². The first kappa shape index (κ1) is 7.87. The van der Waals surface area contributed by atoms with Gasteiger partial charge in [0.15, 0.2) is 5.75 Å². The predicted octanol–water partition coefficient (Wildman–Crippen LogP) is 1.08. The van der Waals surface area contributed by atoms with Crippen molar-refractivity contribution in [2.45, 2.75) is 18.9 Å². The summed E-state index contributed by atoms with van der Waals surface area (Å²) in [6.45, 7) is 0. The van der Waals surface area contributed by atoms with Crippen molar-refractivity contribution >= 4 is 5.69 Å². The minimum Gasteiger partial charge on any atom is -0.487 e. The molecule has 1 heterocycles. The second-order valence-corrected chi connectivity index (χ2v) is 3.03. The lowest BCUT2D eigenvalue weighted by Crippen LogP contribution is -2.02. The quantitative estimate of drug-likeness (QED) is 0.729. The Labute approximate surface area is 76.0 Å². The maximum atomic E-state index is 8.67. The standard InChI is InChI=1S/C9H9N3O/c10-3-6-4-12-5-8(9(6)11)13-7-1-2-7/h4-5,7H,1-2H2,(H2,11,12). The summed E-state index contributed by atoms with van der Waals surface area (Å²) < 4.78 is 5.46. The molecular formula is C9H9N3O. The van der Waals surface area contributed by atoms with E-state index in [9.17, 15) is 0 Å². The Hall–Kier alpha value is -1.76. The summed E-state index contributed by atoms with van der Waals surface area (Å²) in [5.74, 6) is 0.529. The second-order valence-electron chi connectivity index (χ2n) is 3.03. The van der Waals surface area contributed by atoms with Gasteiger partial charge in [-0.3, -0.25) is 4.98 Å². The minimum atomic E-state index is 0.276. The zero-order valence-corrected chi connectivity index (χ0v) is 7.03. The Morgan fingerprint density at radius 3 is 2.92 bits per heavy atom. The molecule has 0 radical (unpaired) electrons. The largest absolute Gasteiger partial charge is 0.487 e. The Kier molecular flexibility index (Phi) is 1.78. The number of aromatic nitrogens is 1. The molecule has 1 aromatic heterocycles. The van der Waals surface area contributed by atoms with Crippen molar-refractivity contribution in [3.8, 4) is 11.8 Å². The van der Waals surface area contributed by atoms with Crippen LogP contribution in [-0.4, -0.2) is 11.1 Å². The van der Waals surface area contributed by atoms with Crippen LogP contribution in [0, 0.1) is 11.3 Å². The van der Waals surface area contributed by atoms with Crippen molar-refractivity contribution in [1.29, 1.82) is 5.26 Å². The number of nitrogen functional groups attached to an aromatic ring is 1. The van der Waals surface area contributed by atoms with Crippen molar-refractivity contribution in [2.24, 2.45) is 0 Å². The minimum absolute atomic E-state index is 0.276. The summed E-state index contributed by atoms with van der Waals surface area (Å²) in [7, 11) is 0. The van der Waals surface area contributed by atoms with Crippen molar-refractivity contribution in [2.75, 3.05) is 5.73 Å². The van der Waals surface area contributed by atoms with Gasteiger partial charge in [0.05, 0.1) is 23.6 Å². The maximum absolute atomic E-state index is 8.67. The number of rotatable bonds is 2. The fourth-order valence-electron chi connectivity index (χ4n) is 1.000. The third-order valence-corrected chi connectivity index (χ3v) is 1.89. The van der Waals surface area contributed by atoms with Crippen LogP contribution in [-0.2, 0) is 0 Å². The van der Waals surface area contributed by atoms with E-state index in [2.05, 4.69) is 4.98 Å². The van der Waals surface area contributed by atoms with Gasteiger partial charge < -0.3 is 10.5 Å². The molecule has 1 aliphatic rings. The van der Waals surface area contributed by atoms with E-state index in [0.29, 0.717) is 17.0 Å². The number of anilines is 1. The van der Waals surface area contributed by atoms with Gasteiger partial charge in [0.2, 0.25) is 0 Å². The number of nitriles is 1. The number of ether oxygens (including phenoxy) is 1. The number of nitrogens with two attached hydrogens (primary N) is 1. The van der Waals surface area contributed by atoms with Gasteiger partial charge >= 0.3 is 0 Å². The molecule has 1 fully saturated rings. The van der Waals surface area contributed by atoms with Gasteiger partial charge in [-0.15, -0.1) is 0 Å². The molecule has 0 saturated heterocycles. The molecule has 0 aliphatic heterocycles. The molecule has 0 aromatic carbocycles. The SMILES string of the molecule is N#Cc1cncc(OC2CC2)c1N. The second kappa shape index (κ2) is 2.94. The van der Waals surface area contributed by atoms with Crippen LogP contribution in [0.1, 0.15) is 18.4 Å². The summed E-state index contributed by atoms with van der Waals surface area (Å²) in [6.07, 6.45) is 5.40. The van der Waals surface area contributed by atoms with Crippen molar-refractivity contribution in [1.82, 2.24) is 4.98 Å². The first-order valence-corrected chi connectivity index (χ1v) is 4.11. The molecule has 1 aliphatic carbocycles. The molecular weight excluding hydrogens is 166 g/mol. The van der Waals surface area contributed by atoms with Gasteiger partial charge in [-0.2, -0.15) is 5.26 Å². The first-order valence-electron chi connectivity index (χ1n) is 4.11. The number of pyridine rings is 1. The van der Waals surface area contributed by atoms with Crippen LogP contribution in [0.2, 0.25) is 0 Å². The zero-order chi connectivity index (χ0) is 9.26. The summed E-state index contributed by atoms with van der Waals surface area (Å²) in [5.41, 5.74) is 6.45. The van der Waals surface area contributed by atoms with E-state index in [-0.39, 0.29) is 6.10 Å². The highest BCUT2D eigenvalue weighted by Crippen LogP contribution is 2.31. The highest BCUT2D eigenvalue weighted by molar-refractivity contribution is 5.61. The van der Waals surface area contributed by atoms with E-state index < -0.39 is 0 Å². The van der Waals surface area contributed by atoms with Gasteiger partial charge in [-0.1, -0.05) is 0 Å². The number of hydrogen-bond acceptors (Lipinski definition) is 4. The lowest BCUT2D eigenvalue weighted by atomic mass is 10.2. The van der Waals surface area contributed by atoms with Gasteiger partial charge in [-0.05, 0) is 12.8 Å². The molecule has 66 valence electrons. The van der Waals surface area contributed by atoms with Crippen LogP contribution in [0.5, 0.6) is 5.75 Å². The highest BCUT2D eigenvalue weighted by Gasteiger charge is 2.24. The summed E-state index contributed by atoms with van der Waals surface area (Å²) in [4.78, 5) is 3.87. The van der Waals surface area contributed by atoms with Crippen LogP contribution >= 0.6 is 0 Å². The molecule has 4 nitrogen and oxygen atoms in total. The summed E-state index contributed by atoms with van der Waals surface area (Å²) in [5, 5.41) is 8.67. The van der Waals surface area contributed by atoms with E-state index in [1.165, 1.54) is 6.20 Å². The molecule has 0 bridgehead atoms. The molecule has 2 N–H and O–H groups in total. The fourth-order valence-corrected chi connectivity index (χ4v) is 1.000. The van der Waals surface area contributed by atoms with Gasteiger partial charge in [0.25, 0.3) is 0 Å². The Balaban J connectivity index is 2.28. The monoisotopic (exact) mass is 175 g/mol. The van der Waals surface area contributed by atoms with Crippen LogP contribution in [0.3, 0.4) is 0 Å². The van der Waals surface area contributed by atoms with Gasteiger partial charge in [-0.25, -0.2) is 0 Å². The third kappa shape index (κ3) is 1.54. The molecule has 0 amide bonds. The molecule has 4 heteroatoms. The molecule has 0 atom stereocenters. The molecule has 13 heavy (non-hydrogen) atoms. The highest BCUT2D eigenvalue weighted by atomic mass is 16.5. The topological polar surface area (TPSA) is 71.9 Å². The molecule has 2 rings (SSSR count). The summed E-state index contributed by atoms with van der Waals surface area (Å²) in [6, 6.07) is 1.96. The first-order chi connectivity index (χ1) is 6.31. The predicted molar refractivity (Wildman–Crippen MR) is 47.0 cm³/mol. The Morgan fingerprint density at radius 1 is 1.54 bits per heavy atom. The third-order valence-electron chi connectivity index (χ3n) is 1.89. The van der Waals surface area contributed by atoms with Crippen LogP contribution in [0.25, 0.3) is 0 Å². The maximum Gasteiger partial charge on any atom is 0.162 e. The van der Waals surface area contributed by atoms with E-state index in [0.717, 1.165) is 12.8 Å². The lowest BCUT2D eigenvalue weighted by Gasteiger charge is -2.06. The zero-order valence-electron chi connectivity index (χ0n) is 7.03. The van der Waals surface area contributed by atoms with Crippen LogP contribution in [0.15, 0.2) is 12.4 Å². The van der Waals surface area contributed by atoms with Gasteiger partial charge in [0, 0.05) is 6.20 Å². The van der Waals surface area contributed by atoms with Crippen molar-refractivity contribution in [3.63, 3.8) is 0 Å². The molecule has 1 aromatic rings. The number of nitrogens with zero attached hydrogens (tertiary/aromatic N) is 2. The van der Waals surface area contributed by atoms with E-state index >= 15 is 0 Å². The smallest absolute Gasteiger partial charge is 0.162 e.